The van der Waals surface area contributed by atoms with Crippen molar-refractivity contribution in [3.8, 4) is 0 Å². The molecular formula is C19H30O. The molecule has 1 aliphatic rings. The van der Waals surface area contributed by atoms with E-state index in [0.29, 0.717) is 5.41 Å². The second kappa shape index (κ2) is 5.52. The smallest absolute Gasteiger partial charge is 0.0899 e. The SMILES string of the molecule is CCC(C)(C)C1CCC(O)(c2cccc(C)c2C)CC1. The molecule has 0 unspecified atom stereocenters. The van der Waals surface area contributed by atoms with Crippen LogP contribution in [0.3, 0.4) is 0 Å². The van der Waals surface area contributed by atoms with Gasteiger partial charge in [-0.2, -0.15) is 0 Å². The number of rotatable bonds is 3. The lowest BCUT2D eigenvalue weighted by atomic mass is 9.65. The van der Waals surface area contributed by atoms with Crippen LogP contribution < -0.4 is 0 Å². The third kappa shape index (κ3) is 2.79. The molecule has 20 heavy (non-hydrogen) atoms. The van der Waals surface area contributed by atoms with Crippen LogP contribution in [0.15, 0.2) is 18.2 Å². The maximum Gasteiger partial charge on any atom is 0.0899 e. The molecule has 1 aliphatic carbocycles. The van der Waals surface area contributed by atoms with Gasteiger partial charge in [0.1, 0.15) is 0 Å². The average Bonchev–Trinajstić information content (AvgIpc) is 2.42. The Bertz CT molecular complexity index is 465. The lowest BCUT2D eigenvalue weighted by molar-refractivity contribution is -0.0332. The normalized spacial score (nSPS) is 27.6. The molecule has 2 rings (SSSR count). The first-order valence-electron chi connectivity index (χ1n) is 8.09. The molecule has 1 N–H and O–H groups in total. The number of benzene rings is 1. The van der Waals surface area contributed by atoms with Crippen molar-refractivity contribution < 1.29 is 5.11 Å². The van der Waals surface area contributed by atoms with E-state index in [2.05, 4.69) is 52.8 Å². The van der Waals surface area contributed by atoms with Crippen molar-refractivity contribution in [1.82, 2.24) is 0 Å². The lowest BCUT2D eigenvalue weighted by Crippen LogP contribution is -2.36. The van der Waals surface area contributed by atoms with E-state index in [1.165, 1.54) is 17.5 Å². The quantitative estimate of drug-likeness (QED) is 0.811. The zero-order valence-electron chi connectivity index (χ0n) is 13.8. The molecule has 1 fully saturated rings. The van der Waals surface area contributed by atoms with E-state index in [1.807, 2.05) is 0 Å². The topological polar surface area (TPSA) is 20.2 Å². The molecule has 0 spiro atoms. The Morgan fingerprint density at radius 3 is 2.35 bits per heavy atom. The molecule has 1 saturated carbocycles. The fourth-order valence-corrected chi connectivity index (χ4v) is 3.69. The molecule has 1 aromatic rings. The highest BCUT2D eigenvalue weighted by Gasteiger charge is 2.40. The van der Waals surface area contributed by atoms with Gasteiger partial charge in [0, 0.05) is 0 Å². The summed E-state index contributed by atoms with van der Waals surface area (Å²) in [5.41, 5.74) is 3.51. The van der Waals surface area contributed by atoms with Crippen LogP contribution in [0.4, 0.5) is 0 Å². The molecule has 0 aliphatic heterocycles. The van der Waals surface area contributed by atoms with Crippen molar-refractivity contribution in [2.45, 2.75) is 72.3 Å². The minimum atomic E-state index is -0.601. The van der Waals surface area contributed by atoms with Crippen molar-refractivity contribution in [3.05, 3.63) is 34.9 Å². The molecule has 0 amide bonds. The van der Waals surface area contributed by atoms with Crippen LogP contribution in [0.25, 0.3) is 0 Å². The number of aliphatic hydroxyl groups is 1. The highest BCUT2D eigenvalue weighted by molar-refractivity contribution is 5.37. The van der Waals surface area contributed by atoms with Crippen LogP contribution in [-0.2, 0) is 5.60 Å². The van der Waals surface area contributed by atoms with Gasteiger partial charge in [-0.05, 0) is 67.6 Å². The molecule has 0 atom stereocenters. The van der Waals surface area contributed by atoms with E-state index in [4.69, 9.17) is 0 Å². The van der Waals surface area contributed by atoms with Gasteiger partial charge in [0.05, 0.1) is 5.60 Å². The summed E-state index contributed by atoms with van der Waals surface area (Å²) in [6.45, 7) is 11.3. The minimum absolute atomic E-state index is 0.406. The van der Waals surface area contributed by atoms with E-state index < -0.39 is 5.60 Å². The van der Waals surface area contributed by atoms with Gasteiger partial charge in [-0.1, -0.05) is 45.4 Å². The predicted octanol–water partition coefficient (Wildman–Crippen LogP) is 5.12. The minimum Gasteiger partial charge on any atom is -0.385 e. The fourth-order valence-electron chi connectivity index (χ4n) is 3.69. The zero-order valence-corrected chi connectivity index (χ0v) is 13.8. The van der Waals surface area contributed by atoms with E-state index in [0.717, 1.165) is 37.2 Å². The number of aryl methyl sites for hydroxylation is 1. The van der Waals surface area contributed by atoms with Gasteiger partial charge < -0.3 is 5.11 Å². The van der Waals surface area contributed by atoms with Crippen LogP contribution in [0.2, 0.25) is 0 Å². The molecule has 0 heterocycles. The summed E-state index contributed by atoms with van der Waals surface area (Å²) < 4.78 is 0. The van der Waals surface area contributed by atoms with E-state index >= 15 is 0 Å². The molecular weight excluding hydrogens is 244 g/mol. The number of hydrogen-bond acceptors (Lipinski definition) is 1. The molecule has 1 aromatic carbocycles. The van der Waals surface area contributed by atoms with Gasteiger partial charge in [-0.25, -0.2) is 0 Å². The lowest BCUT2D eigenvalue weighted by Gasteiger charge is -2.43. The van der Waals surface area contributed by atoms with Gasteiger partial charge in [-0.15, -0.1) is 0 Å². The third-order valence-corrected chi connectivity index (χ3v) is 5.94. The van der Waals surface area contributed by atoms with Crippen molar-refractivity contribution in [2.75, 3.05) is 0 Å². The second-order valence-electron chi connectivity index (χ2n) is 7.40. The highest BCUT2D eigenvalue weighted by Crippen LogP contribution is 2.47. The van der Waals surface area contributed by atoms with E-state index in [9.17, 15) is 5.11 Å². The Labute approximate surface area is 124 Å². The van der Waals surface area contributed by atoms with Crippen LogP contribution in [-0.4, -0.2) is 5.11 Å². The predicted molar refractivity (Wildman–Crippen MR) is 85.8 cm³/mol. The first-order chi connectivity index (χ1) is 9.30. The van der Waals surface area contributed by atoms with Gasteiger partial charge in [-0.3, -0.25) is 0 Å². The zero-order chi connectivity index (χ0) is 15.0. The molecule has 1 nitrogen and oxygen atoms in total. The van der Waals surface area contributed by atoms with Crippen molar-refractivity contribution >= 4 is 0 Å². The first-order valence-corrected chi connectivity index (χ1v) is 8.09. The molecule has 0 aromatic heterocycles. The van der Waals surface area contributed by atoms with Crippen LogP contribution in [0, 0.1) is 25.2 Å². The van der Waals surface area contributed by atoms with Crippen LogP contribution in [0.1, 0.15) is 69.6 Å². The summed E-state index contributed by atoms with van der Waals surface area (Å²) in [5, 5.41) is 11.1. The largest absolute Gasteiger partial charge is 0.385 e. The molecule has 0 bridgehead atoms. The molecule has 0 saturated heterocycles. The summed E-state index contributed by atoms with van der Waals surface area (Å²) in [5.74, 6) is 0.748. The summed E-state index contributed by atoms with van der Waals surface area (Å²) >= 11 is 0. The third-order valence-electron chi connectivity index (χ3n) is 5.94. The Balaban J connectivity index is 2.18. The van der Waals surface area contributed by atoms with Gasteiger partial charge >= 0.3 is 0 Å². The van der Waals surface area contributed by atoms with Gasteiger partial charge in [0.15, 0.2) is 0 Å². The van der Waals surface area contributed by atoms with Gasteiger partial charge in [0.25, 0.3) is 0 Å². The maximum absolute atomic E-state index is 11.1. The van der Waals surface area contributed by atoms with E-state index in [1.54, 1.807) is 0 Å². The highest BCUT2D eigenvalue weighted by atomic mass is 16.3. The Kier molecular flexibility index (Phi) is 4.30. The average molecular weight is 274 g/mol. The maximum atomic E-state index is 11.1. The van der Waals surface area contributed by atoms with Crippen LogP contribution in [0.5, 0.6) is 0 Å². The molecule has 0 radical (unpaired) electrons. The summed E-state index contributed by atoms with van der Waals surface area (Å²) in [6.07, 6.45) is 5.33. The van der Waals surface area contributed by atoms with Gasteiger partial charge in [0.2, 0.25) is 0 Å². The second-order valence-corrected chi connectivity index (χ2v) is 7.40. The molecule has 112 valence electrons. The van der Waals surface area contributed by atoms with Crippen LogP contribution >= 0.6 is 0 Å². The Morgan fingerprint density at radius 1 is 1.20 bits per heavy atom. The summed E-state index contributed by atoms with van der Waals surface area (Å²) in [4.78, 5) is 0. The standard InChI is InChI=1S/C19H30O/c1-6-18(4,5)16-10-12-19(20,13-11-16)17-9-7-8-14(2)15(17)3/h7-9,16,20H,6,10-13H2,1-5H3. The monoisotopic (exact) mass is 274 g/mol. The Hall–Kier alpha value is -0.820. The van der Waals surface area contributed by atoms with Crippen molar-refractivity contribution in [3.63, 3.8) is 0 Å². The summed E-state index contributed by atoms with van der Waals surface area (Å²) in [7, 11) is 0. The van der Waals surface area contributed by atoms with E-state index in [-0.39, 0.29) is 0 Å². The molecule has 1 heteroatoms. The van der Waals surface area contributed by atoms with Crippen molar-refractivity contribution in [2.24, 2.45) is 11.3 Å². The number of hydrogen-bond donors (Lipinski definition) is 1. The summed E-state index contributed by atoms with van der Waals surface area (Å²) in [6, 6.07) is 6.33. The first kappa shape index (κ1) is 15.6. The van der Waals surface area contributed by atoms with Crippen molar-refractivity contribution in [1.29, 1.82) is 0 Å². The Morgan fingerprint density at radius 2 is 1.80 bits per heavy atom. The fraction of sp³-hybridized carbons (Fsp3) is 0.684.